The molecule has 1 aromatic rings. The number of aromatic hydroxyl groups is 1. The minimum absolute atomic E-state index is 0.289. The Morgan fingerprint density at radius 2 is 1.65 bits per heavy atom. The van der Waals surface area contributed by atoms with Gasteiger partial charge in [0.15, 0.2) is 0 Å². The number of benzene rings is 1. The molecule has 5 heteroatoms. The molecule has 0 unspecified atom stereocenters. The van der Waals surface area contributed by atoms with Crippen LogP contribution >= 0.6 is 7.60 Å². The molecule has 0 spiro atoms. The van der Waals surface area contributed by atoms with E-state index in [4.69, 9.17) is 9.05 Å². The molecule has 0 atom stereocenters. The van der Waals surface area contributed by atoms with Gasteiger partial charge in [0.1, 0.15) is 5.75 Å². The van der Waals surface area contributed by atoms with Crippen molar-refractivity contribution in [2.75, 3.05) is 13.2 Å². The van der Waals surface area contributed by atoms with Gasteiger partial charge in [0.2, 0.25) is 0 Å². The van der Waals surface area contributed by atoms with Crippen LogP contribution in [0.5, 0.6) is 5.75 Å². The molecule has 0 amide bonds. The third kappa shape index (κ3) is 3.95. The van der Waals surface area contributed by atoms with Gasteiger partial charge in [-0.05, 0) is 69.5 Å². The largest absolute Gasteiger partial charge is 0.507 e. The van der Waals surface area contributed by atoms with Crippen molar-refractivity contribution in [3.8, 4) is 5.75 Å². The van der Waals surface area contributed by atoms with Gasteiger partial charge in [-0.3, -0.25) is 4.57 Å². The molecule has 112 valence electrons. The lowest BCUT2D eigenvalue weighted by Crippen LogP contribution is -1.97. The summed E-state index contributed by atoms with van der Waals surface area (Å²) in [5.74, 6) is 0.289. The Hall–Kier alpha value is -1.09. The zero-order valence-corrected chi connectivity index (χ0v) is 13.7. The molecule has 20 heavy (non-hydrogen) atoms. The Balaban J connectivity index is 3.17. The van der Waals surface area contributed by atoms with Crippen LogP contribution in [-0.2, 0) is 13.6 Å². The summed E-state index contributed by atoms with van der Waals surface area (Å²) in [7, 11) is -3.22. The van der Waals surface area contributed by atoms with Crippen molar-refractivity contribution < 1.29 is 18.7 Å². The van der Waals surface area contributed by atoms with Crippen LogP contribution in [0.15, 0.2) is 17.4 Å². The lowest BCUT2D eigenvalue weighted by atomic mass is 10.1. The smallest absolute Gasteiger partial charge is 0.357 e. The molecule has 0 saturated carbocycles. The van der Waals surface area contributed by atoms with Crippen molar-refractivity contribution in [2.24, 2.45) is 0 Å². The average Bonchev–Trinajstić information content (AvgIpc) is 2.36. The second-order valence-corrected chi connectivity index (χ2v) is 6.84. The number of phenolic OH excluding ortho intramolecular Hbond substituents is 1. The first kappa shape index (κ1) is 17.0. The fraction of sp³-hybridized carbons (Fsp3) is 0.467. The van der Waals surface area contributed by atoms with Crippen LogP contribution in [0.2, 0.25) is 0 Å². The zero-order valence-electron chi connectivity index (χ0n) is 12.8. The van der Waals surface area contributed by atoms with Gasteiger partial charge >= 0.3 is 7.60 Å². The summed E-state index contributed by atoms with van der Waals surface area (Å²) < 4.78 is 23.2. The predicted molar refractivity (Wildman–Crippen MR) is 82.1 cm³/mol. The lowest BCUT2D eigenvalue weighted by molar-refractivity contribution is 0.226. The summed E-state index contributed by atoms with van der Waals surface area (Å²) in [6.45, 7) is 9.64. The molecular weight excluding hydrogens is 275 g/mol. The molecule has 0 aliphatic rings. The monoisotopic (exact) mass is 298 g/mol. The van der Waals surface area contributed by atoms with E-state index in [1.54, 1.807) is 26.8 Å². The molecule has 1 N–H and O–H groups in total. The van der Waals surface area contributed by atoms with Crippen LogP contribution in [0, 0.1) is 13.8 Å². The molecule has 0 aliphatic carbocycles. The van der Waals surface area contributed by atoms with E-state index in [1.807, 2.05) is 26.0 Å². The molecule has 4 nitrogen and oxygen atoms in total. The van der Waals surface area contributed by atoms with Crippen LogP contribution in [0.4, 0.5) is 0 Å². The van der Waals surface area contributed by atoms with Gasteiger partial charge in [-0.2, -0.15) is 0 Å². The average molecular weight is 298 g/mol. The van der Waals surface area contributed by atoms with Crippen LogP contribution in [-0.4, -0.2) is 18.3 Å². The number of aryl methyl sites for hydroxylation is 2. The third-order valence-corrected chi connectivity index (χ3v) is 5.11. The van der Waals surface area contributed by atoms with Gasteiger partial charge in [-0.25, -0.2) is 0 Å². The Kier molecular flexibility index (Phi) is 6.00. The Morgan fingerprint density at radius 3 is 2.05 bits per heavy atom. The van der Waals surface area contributed by atoms with Gasteiger partial charge in [-0.1, -0.05) is 0 Å². The van der Waals surface area contributed by atoms with Crippen molar-refractivity contribution in [3.05, 3.63) is 34.1 Å². The fourth-order valence-electron chi connectivity index (χ4n) is 1.97. The maximum absolute atomic E-state index is 12.6. The summed E-state index contributed by atoms with van der Waals surface area (Å²) in [6.07, 6.45) is 1.78. The highest BCUT2D eigenvalue weighted by atomic mass is 31.2. The van der Waals surface area contributed by atoms with E-state index in [1.165, 1.54) is 0 Å². The third-order valence-electron chi connectivity index (χ3n) is 2.92. The van der Waals surface area contributed by atoms with Crippen molar-refractivity contribution in [1.82, 2.24) is 0 Å². The minimum atomic E-state index is -3.22. The summed E-state index contributed by atoms with van der Waals surface area (Å²) in [5.41, 5.74) is 2.44. The highest BCUT2D eigenvalue weighted by Crippen LogP contribution is 2.56. The fourth-order valence-corrected chi connectivity index (χ4v) is 3.44. The minimum Gasteiger partial charge on any atom is -0.507 e. The van der Waals surface area contributed by atoms with Crippen molar-refractivity contribution >= 4 is 13.7 Å². The molecule has 0 aliphatic heterocycles. The summed E-state index contributed by atoms with van der Waals surface area (Å²) in [4.78, 5) is 0. The number of hydrogen-bond acceptors (Lipinski definition) is 4. The summed E-state index contributed by atoms with van der Waals surface area (Å²) in [5, 5.41) is 10.3. The van der Waals surface area contributed by atoms with E-state index in [-0.39, 0.29) is 5.75 Å². The molecule has 0 heterocycles. The van der Waals surface area contributed by atoms with E-state index in [9.17, 15) is 9.67 Å². The van der Waals surface area contributed by atoms with Crippen LogP contribution < -0.4 is 0 Å². The molecule has 1 rings (SSSR count). The van der Waals surface area contributed by atoms with E-state index >= 15 is 0 Å². The quantitative estimate of drug-likeness (QED) is 0.777. The van der Waals surface area contributed by atoms with Gasteiger partial charge in [0.25, 0.3) is 0 Å². The predicted octanol–water partition coefficient (Wildman–Crippen LogP) is 4.64. The zero-order chi connectivity index (χ0) is 15.3. The first-order valence-electron chi connectivity index (χ1n) is 6.72. The summed E-state index contributed by atoms with van der Waals surface area (Å²) >= 11 is 0. The van der Waals surface area contributed by atoms with Crippen LogP contribution in [0.3, 0.4) is 0 Å². The molecule has 0 saturated heterocycles. The SMILES string of the molecule is CCOP(=O)(OCC)/C(C)=C\c1cc(C)c(O)c(C)c1. The first-order chi connectivity index (χ1) is 9.34. The maximum Gasteiger partial charge on any atom is 0.357 e. The highest BCUT2D eigenvalue weighted by molar-refractivity contribution is 7.58. The number of hydrogen-bond donors (Lipinski definition) is 1. The Morgan fingerprint density at radius 1 is 1.20 bits per heavy atom. The second kappa shape index (κ2) is 7.07. The second-order valence-electron chi connectivity index (χ2n) is 4.62. The van der Waals surface area contributed by atoms with Crippen LogP contribution in [0.25, 0.3) is 6.08 Å². The van der Waals surface area contributed by atoms with Gasteiger partial charge in [0.05, 0.1) is 13.2 Å². The molecular formula is C15H23O4P. The molecule has 0 fully saturated rings. The van der Waals surface area contributed by atoms with Crippen molar-refractivity contribution in [3.63, 3.8) is 0 Å². The van der Waals surface area contributed by atoms with Gasteiger partial charge < -0.3 is 14.2 Å². The highest BCUT2D eigenvalue weighted by Gasteiger charge is 2.26. The van der Waals surface area contributed by atoms with E-state index in [0.717, 1.165) is 16.7 Å². The van der Waals surface area contributed by atoms with E-state index in [2.05, 4.69) is 0 Å². The Labute approximate surface area is 121 Å². The first-order valence-corrected chi connectivity index (χ1v) is 8.26. The van der Waals surface area contributed by atoms with E-state index in [0.29, 0.717) is 18.5 Å². The topological polar surface area (TPSA) is 55.8 Å². The molecule has 0 radical (unpaired) electrons. The van der Waals surface area contributed by atoms with Gasteiger partial charge in [0, 0.05) is 5.31 Å². The maximum atomic E-state index is 12.6. The molecule has 0 bridgehead atoms. The number of phenols is 1. The molecule has 0 aromatic heterocycles. The number of allylic oxidation sites excluding steroid dienone is 1. The Bertz CT molecular complexity index is 516. The standard InChI is InChI=1S/C15H23O4P/c1-6-18-20(17,19-7-2)13(5)10-14-8-11(3)15(16)12(4)9-14/h8-10,16H,6-7H2,1-5H3/b13-10-. The van der Waals surface area contributed by atoms with Crippen LogP contribution in [0.1, 0.15) is 37.5 Å². The van der Waals surface area contributed by atoms with Crippen molar-refractivity contribution in [1.29, 1.82) is 0 Å². The summed E-state index contributed by atoms with van der Waals surface area (Å²) in [6, 6.07) is 3.68. The normalized spacial score (nSPS) is 12.8. The van der Waals surface area contributed by atoms with E-state index < -0.39 is 7.60 Å². The molecule has 1 aromatic carbocycles. The van der Waals surface area contributed by atoms with Gasteiger partial charge in [-0.15, -0.1) is 0 Å². The lowest BCUT2D eigenvalue weighted by Gasteiger charge is -2.17. The van der Waals surface area contributed by atoms with Crippen molar-refractivity contribution in [2.45, 2.75) is 34.6 Å². The number of rotatable bonds is 6.